The molecule has 1 amide bonds. The van der Waals surface area contributed by atoms with Gasteiger partial charge in [0.1, 0.15) is 5.69 Å². The van der Waals surface area contributed by atoms with Gasteiger partial charge in [-0.25, -0.2) is 0 Å². The summed E-state index contributed by atoms with van der Waals surface area (Å²) in [4.78, 5) is 20.2. The molecular weight excluding hydrogens is 252 g/mol. The largest absolute Gasteiger partial charge is 0.367 e. The van der Waals surface area contributed by atoms with Gasteiger partial charge in [0.2, 0.25) is 0 Å². The summed E-state index contributed by atoms with van der Waals surface area (Å²) in [5.41, 5.74) is 1.61. The maximum absolute atomic E-state index is 12.0. The minimum Gasteiger partial charge on any atom is -0.367 e. The number of carbonyl (C=O) groups excluding carboxylic acids is 1. The Hall–Kier alpha value is -1.62. The first-order valence-electron chi connectivity index (χ1n) is 7.28. The van der Waals surface area contributed by atoms with Crippen LogP contribution in [-0.2, 0) is 0 Å². The number of nitrogens with one attached hydrogen (secondary N) is 1. The lowest BCUT2D eigenvalue weighted by Crippen LogP contribution is -2.37. The van der Waals surface area contributed by atoms with Gasteiger partial charge in [0.05, 0.1) is 0 Å². The molecule has 0 aliphatic carbocycles. The van der Waals surface area contributed by atoms with Crippen molar-refractivity contribution in [2.24, 2.45) is 0 Å². The zero-order valence-electron chi connectivity index (χ0n) is 12.6. The van der Waals surface area contributed by atoms with Gasteiger partial charge in [-0.3, -0.25) is 9.78 Å². The van der Waals surface area contributed by atoms with Gasteiger partial charge < -0.3 is 15.1 Å². The minimum atomic E-state index is -0.0483. The summed E-state index contributed by atoms with van der Waals surface area (Å²) < 4.78 is 0. The van der Waals surface area contributed by atoms with Crippen molar-refractivity contribution >= 4 is 11.6 Å². The molecule has 20 heavy (non-hydrogen) atoms. The monoisotopic (exact) mass is 276 g/mol. The van der Waals surface area contributed by atoms with Crippen molar-refractivity contribution in [2.75, 3.05) is 38.6 Å². The first-order chi connectivity index (χ1) is 9.63. The molecular formula is C15H24N4O. The van der Waals surface area contributed by atoms with E-state index in [1.54, 1.807) is 25.2 Å². The van der Waals surface area contributed by atoms with E-state index in [9.17, 15) is 4.79 Å². The molecule has 1 unspecified atom stereocenters. The maximum Gasteiger partial charge on any atom is 0.272 e. The van der Waals surface area contributed by atoms with Crippen molar-refractivity contribution in [1.29, 1.82) is 0 Å². The van der Waals surface area contributed by atoms with Crippen LogP contribution in [0.5, 0.6) is 0 Å². The second kappa shape index (κ2) is 6.70. The van der Waals surface area contributed by atoms with Gasteiger partial charge in [0.25, 0.3) is 5.91 Å². The quantitative estimate of drug-likeness (QED) is 0.882. The number of hydrogen-bond acceptors (Lipinski definition) is 4. The van der Waals surface area contributed by atoms with Crippen LogP contribution in [0, 0.1) is 0 Å². The van der Waals surface area contributed by atoms with Gasteiger partial charge in [-0.05, 0) is 31.5 Å². The van der Waals surface area contributed by atoms with E-state index < -0.39 is 0 Å². The standard InChI is InChI=1S/C15H24N4O/c1-4-9-19(13-5-7-16-11-13)12-6-8-17-14(10-12)15(20)18(2)3/h6,8,10,13,16H,4-5,7,9,11H2,1-3H3. The Morgan fingerprint density at radius 1 is 1.50 bits per heavy atom. The van der Waals surface area contributed by atoms with Crippen LogP contribution >= 0.6 is 0 Å². The number of rotatable bonds is 5. The minimum absolute atomic E-state index is 0.0483. The van der Waals surface area contributed by atoms with Gasteiger partial charge >= 0.3 is 0 Å². The predicted octanol–water partition coefficient (Wildman–Crippen LogP) is 1.36. The second-order valence-corrected chi connectivity index (χ2v) is 5.44. The summed E-state index contributed by atoms with van der Waals surface area (Å²) in [6.45, 7) is 5.27. The number of amides is 1. The third kappa shape index (κ3) is 3.28. The number of carbonyl (C=O) groups is 1. The van der Waals surface area contributed by atoms with E-state index in [4.69, 9.17) is 0 Å². The fourth-order valence-corrected chi connectivity index (χ4v) is 2.61. The molecule has 5 heteroatoms. The molecule has 1 aromatic heterocycles. The van der Waals surface area contributed by atoms with Gasteiger partial charge in [0.15, 0.2) is 0 Å². The number of aromatic nitrogens is 1. The van der Waals surface area contributed by atoms with Crippen LogP contribution in [0.25, 0.3) is 0 Å². The van der Waals surface area contributed by atoms with Crippen molar-refractivity contribution < 1.29 is 4.79 Å². The topological polar surface area (TPSA) is 48.5 Å². The van der Waals surface area contributed by atoms with Crippen molar-refractivity contribution in [1.82, 2.24) is 15.2 Å². The Balaban J connectivity index is 2.24. The molecule has 0 saturated carbocycles. The van der Waals surface area contributed by atoms with E-state index in [1.807, 2.05) is 12.1 Å². The van der Waals surface area contributed by atoms with Crippen molar-refractivity contribution in [3.8, 4) is 0 Å². The van der Waals surface area contributed by atoms with Crippen molar-refractivity contribution in [3.63, 3.8) is 0 Å². The third-order valence-corrected chi connectivity index (χ3v) is 3.64. The number of anilines is 1. The molecule has 1 saturated heterocycles. The Kier molecular flexibility index (Phi) is 4.95. The zero-order valence-corrected chi connectivity index (χ0v) is 12.6. The van der Waals surface area contributed by atoms with Crippen LogP contribution in [0.2, 0.25) is 0 Å². The van der Waals surface area contributed by atoms with Gasteiger partial charge in [0, 0.05) is 45.1 Å². The Bertz CT molecular complexity index is 455. The summed E-state index contributed by atoms with van der Waals surface area (Å²) >= 11 is 0. The highest BCUT2D eigenvalue weighted by Crippen LogP contribution is 2.21. The Morgan fingerprint density at radius 3 is 2.90 bits per heavy atom. The summed E-state index contributed by atoms with van der Waals surface area (Å²) in [7, 11) is 3.50. The highest BCUT2D eigenvalue weighted by molar-refractivity contribution is 5.92. The van der Waals surface area contributed by atoms with Gasteiger partial charge in [-0.2, -0.15) is 0 Å². The summed E-state index contributed by atoms with van der Waals surface area (Å²) in [6, 6.07) is 4.43. The van der Waals surface area contributed by atoms with Crippen LogP contribution in [0.4, 0.5) is 5.69 Å². The molecule has 2 rings (SSSR count). The molecule has 1 N–H and O–H groups in total. The summed E-state index contributed by atoms with van der Waals surface area (Å²) in [6.07, 6.45) is 3.98. The van der Waals surface area contributed by atoms with Gasteiger partial charge in [-0.15, -0.1) is 0 Å². The molecule has 0 radical (unpaired) electrons. The summed E-state index contributed by atoms with van der Waals surface area (Å²) in [5, 5.41) is 3.40. The number of nitrogens with zero attached hydrogens (tertiary/aromatic N) is 3. The lowest BCUT2D eigenvalue weighted by Gasteiger charge is -2.30. The summed E-state index contributed by atoms with van der Waals surface area (Å²) in [5.74, 6) is -0.0483. The van der Waals surface area contributed by atoms with E-state index in [0.717, 1.165) is 38.2 Å². The first kappa shape index (κ1) is 14.8. The average molecular weight is 276 g/mol. The first-order valence-corrected chi connectivity index (χ1v) is 7.28. The molecule has 1 aliphatic heterocycles. The lowest BCUT2D eigenvalue weighted by molar-refractivity contribution is 0.0822. The fourth-order valence-electron chi connectivity index (χ4n) is 2.61. The molecule has 1 fully saturated rings. The predicted molar refractivity (Wildman–Crippen MR) is 81.2 cm³/mol. The Labute approximate surface area is 121 Å². The fraction of sp³-hybridized carbons (Fsp3) is 0.600. The molecule has 5 nitrogen and oxygen atoms in total. The van der Waals surface area contributed by atoms with Crippen molar-refractivity contribution in [3.05, 3.63) is 24.0 Å². The lowest BCUT2D eigenvalue weighted by atomic mass is 10.1. The molecule has 0 aromatic carbocycles. The molecule has 0 bridgehead atoms. The van der Waals surface area contributed by atoms with Crippen LogP contribution in [0.15, 0.2) is 18.3 Å². The van der Waals surface area contributed by atoms with Crippen LogP contribution < -0.4 is 10.2 Å². The third-order valence-electron chi connectivity index (χ3n) is 3.64. The van der Waals surface area contributed by atoms with E-state index in [2.05, 4.69) is 22.1 Å². The highest BCUT2D eigenvalue weighted by Gasteiger charge is 2.23. The molecule has 0 spiro atoms. The molecule has 110 valence electrons. The molecule has 1 aliphatic rings. The van der Waals surface area contributed by atoms with E-state index in [0.29, 0.717) is 11.7 Å². The molecule has 2 heterocycles. The van der Waals surface area contributed by atoms with Gasteiger partial charge in [-0.1, -0.05) is 6.92 Å². The van der Waals surface area contributed by atoms with Crippen LogP contribution in [0.3, 0.4) is 0 Å². The average Bonchev–Trinajstić information content (AvgIpc) is 2.97. The molecule has 1 atom stereocenters. The van der Waals surface area contributed by atoms with E-state index >= 15 is 0 Å². The maximum atomic E-state index is 12.0. The van der Waals surface area contributed by atoms with E-state index in [-0.39, 0.29) is 5.91 Å². The van der Waals surface area contributed by atoms with Crippen LogP contribution in [0.1, 0.15) is 30.3 Å². The Morgan fingerprint density at radius 2 is 2.30 bits per heavy atom. The number of hydrogen-bond donors (Lipinski definition) is 1. The van der Waals surface area contributed by atoms with Crippen LogP contribution in [-0.4, -0.2) is 55.6 Å². The highest BCUT2D eigenvalue weighted by atomic mass is 16.2. The van der Waals surface area contributed by atoms with E-state index in [1.165, 1.54) is 0 Å². The van der Waals surface area contributed by atoms with Crippen molar-refractivity contribution in [2.45, 2.75) is 25.8 Å². The number of pyridine rings is 1. The molecule has 1 aromatic rings. The second-order valence-electron chi connectivity index (χ2n) is 5.44. The normalized spacial score (nSPS) is 18.1. The zero-order chi connectivity index (χ0) is 14.5. The SMILES string of the molecule is CCCN(c1ccnc(C(=O)N(C)C)c1)C1CCNC1. The smallest absolute Gasteiger partial charge is 0.272 e.